The lowest BCUT2D eigenvalue weighted by atomic mass is 10.00. The monoisotopic (exact) mass is 388 g/mol. The highest BCUT2D eigenvalue weighted by atomic mass is 32.2. The number of hydrogen-bond donors (Lipinski definition) is 3. The van der Waals surface area contributed by atoms with E-state index in [1.165, 1.54) is 0 Å². The average molecular weight is 389 g/mol. The summed E-state index contributed by atoms with van der Waals surface area (Å²) >= 11 is 1.57. The van der Waals surface area contributed by atoms with Gasteiger partial charge in [-0.15, -0.1) is 11.8 Å². The summed E-state index contributed by atoms with van der Waals surface area (Å²) in [5.74, 6) is -0.605. The highest BCUT2D eigenvalue weighted by Gasteiger charge is 2.22. The van der Waals surface area contributed by atoms with Gasteiger partial charge in [0.05, 0.1) is 11.9 Å². The molecule has 0 bridgehead atoms. The van der Waals surface area contributed by atoms with Gasteiger partial charge in [-0.2, -0.15) is 0 Å². The molecule has 150 valence electrons. The van der Waals surface area contributed by atoms with Crippen molar-refractivity contribution >= 4 is 35.3 Å². The van der Waals surface area contributed by atoms with Gasteiger partial charge in [-0.05, 0) is 25.5 Å². The third-order valence-electron chi connectivity index (χ3n) is 3.85. The summed E-state index contributed by atoms with van der Waals surface area (Å²) in [6, 6.07) is -0.597. The van der Waals surface area contributed by atoms with E-state index in [9.17, 15) is 19.2 Å². The number of carbonyl (C=O) groups is 4. The molecule has 0 aromatic heterocycles. The maximum absolute atomic E-state index is 12.1. The first-order chi connectivity index (χ1) is 12.1. The summed E-state index contributed by atoms with van der Waals surface area (Å²) in [5.41, 5.74) is 0. The molecule has 0 aromatic carbocycles. The van der Waals surface area contributed by atoms with Crippen LogP contribution in [0, 0.1) is 11.8 Å². The van der Waals surface area contributed by atoms with Crippen molar-refractivity contribution in [3.8, 4) is 0 Å². The van der Waals surface area contributed by atoms with Crippen LogP contribution < -0.4 is 10.6 Å². The highest BCUT2D eigenvalue weighted by Crippen LogP contribution is 2.09. The predicted octanol–water partition coefficient (Wildman–Crippen LogP) is 2.19. The Labute approximate surface area is 160 Å². The van der Waals surface area contributed by atoms with E-state index < -0.39 is 17.9 Å². The van der Waals surface area contributed by atoms with Crippen molar-refractivity contribution in [2.45, 2.75) is 65.8 Å². The normalized spacial score (nSPS) is 13.1. The minimum absolute atomic E-state index is 0.0885. The lowest BCUT2D eigenvalue weighted by Gasteiger charge is -2.17. The zero-order chi connectivity index (χ0) is 20.1. The Morgan fingerprint density at radius 2 is 1.62 bits per heavy atom. The van der Waals surface area contributed by atoms with E-state index >= 15 is 0 Å². The average Bonchev–Trinajstić information content (AvgIpc) is 2.56. The molecule has 2 atom stereocenters. The van der Waals surface area contributed by atoms with Gasteiger partial charge in [-0.3, -0.25) is 19.2 Å². The Morgan fingerprint density at radius 3 is 2.19 bits per heavy atom. The summed E-state index contributed by atoms with van der Waals surface area (Å²) in [7, 11) is 0. The second-order valence-corrected chi connectivity index (χ2v) is 7.86. The number of thioether (sulfide) groups is 1. The molecule has 0 aromatic rings. The van der Waals surface area contributed by atoms with E-state index in [2.05, 4.69) is 10.6 Å². The number of ketones is 1. The third kappa shape index (κ3) is 11.9. The SMILES string of the molecule is CC(C)C(=O)N[C@H](C)C(=O)C[C@@H](C)C(=O)NCSCCCCCC(=O)O. The van der Waals surface area contributed by atoms with Gasteiger partial charge < -0.3 is 15.7 Å². The number of carboxylic acids is 1. The van der Waals surface area contributed by atoms with Crippen LogP contribution in [0.15, 0.2) is 0 Å². The predicted molar refractivity (Wildman–Crippen MR) is 103 cm³/mol. The zero-order valence-corrected chi connectivity index (χ0v) is 17.0. The van der Waals surface area contributed by atoms with Crippen LogP contribution in [0.25, 0.3) is 0 Å². The molecule has 0 aliphatic carbocycles. The molecule has 2 amide bonds. The third-order valence-corrected chi connectivity index (χ3v) is 4.77. The minimum Gasteiger partial charge on any atom is -0.481 e. The Morgan fingerprint density at radius 1 is 0.962 bits per heavy atom. The van der Waals surface area contributed by atoms with Crippen molar-refractivity contribution < 1.29 is 24.3 Å². The summed E-state index contributed by atoms with van der Waals surface area (Å²) in [4.78, 5) is 46.1. The van der Waals surface area contributed by atoms with Crippen molar-refractivity contribution in [2.75, 3.05) is 11.6 Å². The molecule has 0 unspecified atom stereocenters. The maximum atomic E-state index is 12.1. The first-order valence-corrected chi connectivity index (χ1v) is 10.2. The van der Waals surface area contributed by atoms with Gasteiger partial charge in [-0.1, -0.05) is 27.2 Å². The van der Waals surface area contributed by atoms with Gasteiger partial charge >= 0.3 is 5.97 Å². The molecule has 0 aliphatic heterocycles. The minimum atomic E-state index is -0.772. The Kier molecular flexibility index (Phi) is 12.8. The van der Waals surface area contributed by atoms with E-state index in [1.807, 2.05) is 0 Å². The fourth-order valence-corrected chi connectivity index (χ4v) is 2.85. The zero-order valence-electron chi connectivity index (χ0n) is 16.2. The first-order valence-electron chi connectivity index (χ1n) is 9.05. The van der Waals surface area contributed by atoms with Gasteiger partial charge in [-0.25, -0.2) is 0 Å². The topological polar surface area (TPSA) is 113 Å². The van der Waals surface area contributed by atoms with E-state index in [0.29, 0.717) is 12.3 Å². The van der Waals surface area contributed by atoms with Gasteiger partial charge in [0.25, 0.3) is 0 Å². The molecule has 0 heterocycles. The number of aliphatic carboxylic acids is 1. The van der Waals surface area contributed by atoms with Crippen molar-refractivity contribution in [3.05, 3.63) is 0 Å². The number of carbonyl (C=O) groups excluding carboxylic acids is 3. The quantitative estimate of drug-likeness (QED) is 0.311. The van der Waals surface area contributed by atoms with Crippen LogP contribution in [-0.4, -0.2) is 46.3 Å². The standard InChI is InChI=1S/C18H32N2O5S/c1-12(2)17(24)20-14(4)15(21)10-13(3)18(25)19-11-26-9-7-5-6-8-16(22)23/h12-14H,5-11H2,1-4H3,(H,19,25)(H,20,24)(H,22,23)/t13-,14-/m1/s1. The molecule has 0 saturated heterocycles. The van der Waals surface area contributed by atoms with Gasteiger partial charge in [0.2, 0.25) is 11.8 Å². The largest absolute Gasteiger partial charge is 0.481 e. The molecule has 7 nitrogen and oxygen atoms in total. The number of hydrogen-bond acceptors (Lipinski definition) is 5. The number of unbranched alkanes of at least 4 members (excludes halogenated alkanes) is 2. The fraction of sp³-hybridized carbons (Fsp3) is 0.778. The lowest BCUT2D eigenvalue weighted by Crippen LogP contribution is -2.42. The van der Waals surface area contributed by atoms with Crippen LogP contribution in [0.2, 0.25) is 0 Å². The van der Waals surface area contributed by atoms with Crippen LogP contribution in [0.1, 0.15) is 59.8 Å². The second kappa shape index (κ2) is 13.6. The number of amides is 2. The van der Waals surface area contributed by atoms with E-state index in [1.54, 1.807) is 39.5 Å². The van der Waals surface area contributed by atoms with Crippen LogP contribution in [0.5, 0.6) is 0 Å². The number of Topliss-reactive ketones (excluding diaryl/α,β-unsaturated/α-hetero) is 1. The number of carboxylic acid groups (broad SMARTS) is 1. The maximum Gasteiger partial charge on any atom is 0.303 e. The smallest absolute Gasteiger partial charge is 0.303 e. The van der Waals surface area contributed by atoms with Crippen LogP contribution in [0.3, 0.4) is 0 Å². The lowest BCUT2D eigenvalue weighted by molar-refractivity contribution is -0.137. The number of nitrogens with one attached hydrogen (secondary N) is 2. The summed E-state index contributed by atoms with van der Waals surface area (Å²) in [6.45, 7) is 6.84. The van der Waals surface area contributed by atoms with Crippen LogP contribution in [-0.2, 0) is 19.2 Å². The number of rotatable bonds is 14. The summed E-state index contributed by atoms with van der Waals surface area (Å²) < 4.78 is 0. The molecule has 8 heteroatoms. The van der Waals surface area contributed by atoms with Crippen molar-refractivity contribution in [2.24, 2.45) is 11.8 Å². The summed E-state index contributed by atoms with van der Waals surface area (Å²) in [6.07, 6.45) is 2.73. The Hall–Kier alpha value is -1.57. The molecule has 26 heavy (non-hydrogen) atoms. The van der Waals surface area contributed by atoms with Crippen molar-refractivity contribution in [1.82, 2.24) is 10.6 Å². The molecule has 0 radical (unpaired) electrons. The molecule has 0 aliphatic rings. The molecule has 0 rings (SSSR count). The van der Waals surface area contributed by atoms with Crippen LogP contribution in [0.4, 0.5) is 0 Å². The molecule has 0 fully saturated rings. The Bertz CT molecular complexity index is 482. The molecule has 0 saturated carbocycles. The molecular weight excluding hydrogens is 356 g/mol. The van der Waals surface area contributed by atoms with Gasteiger partial charge in [0, 0.05) is 24.7 Å². The summed E-state index contributed by atoms with van der Waals surface area (Å²) in [5, 5.41) is 14.0. The fourth-order valence-electron chi connectivity index (χ4n) is 2.06. The van der Waals surface area contributed by atoms with E-state index in [4.69, 9.17) is 5.11 Å². The highest BCUT2D eigenvalue weighted by molar-refractivity contribution is 7.99. The van der Waals surface area contributed by atoms with Crippen molar-refractivity contribution in [3.63, 3.8) is 0 Å². The van der Waals surface area contributed by atoms with Gasteiger partial charge in [0.1, 0.15) is 0 Å². The van der Waals surface area contributed by atoms with E-state index in [-0.39, 0.29) is 36.4 Å². The van der Waals surface area contributed by atoms with Gasteiger partial charge in [0.15, 0.2) is 5.78 Å². The molecular formula is C18H32N2O5S. The molecule has 0 spiro atoms. The first kappa shape index (κ1) is 24.4. The van der Waals surface area contributed by atoms with Crippen LogP contribution >= 0.6 is 11.8 Å². The van der Waals surface area contributed by atoms with E-state index in [0.717, 1.165) is 18.6 Å². The molecule has 3 N–H and O–H groups in total. The second-order valence-electron chi connectivity index (χ2n) is 6.75. The van der Waals surface area contributed by atoms with Crippen molar-refractivity contribution in [1.29, 1.82) is 0 Å². The Balaban J connectivity index is 3.89.